The van der Waals surface area contributed by atoms with Gasteiger partial charge in [-0.25, -0.2) is 4.79 Å². The molecule has 0 radical (unpaired) electrons. The van der Waals surface area contributed by atoms with Gasteiger partial charge in [0, 0.05) is 13.5 Å². The van der Waals surface area contributed by atoms with Gasteiger partial charge in [0.1, 0.15) is 12.6 Å². The van der Waals surface area contributed by atoms with Crippen LogP contribution in [-0.4, -0.2) is 52.6 Å². The number of nitrogens with zero attached hydrogens (tertiary/aromatic N) is 2. The molecule has 0 saturated carbocycles. The summed E-state index contributed by atoms with van der Waals surface area (Å²) in [6.45, 7) is 2.36. The highest BCUT2D eigenvalue weighted by atomic mass is 16.6. The van der Waals surface area contributed by atoms with Crippen molar-refractivity contribution in [3.63, 3.8) is 0 Å². The molecule has 1 N–H and O–H groups in total. The molecular weight excluding hydrogens is 392 g/mol. The molecule has 2 aromatic carbocycles. The van der Waals surface area contributed by atoms with Crippen LogP contribution in [0.3, 0.4) is 0 Å². The Kier molecular flexibility index (Phi) is 8.06. The van der Waals surface area contributed by atoms with Gasteiger partial charge in [0.15, 0.2) is 0 Å². The van der Waals surface area contributed by atoms with Crippen molar-refractivity contribution in [2.75, 3.05) is 13.6 Å². The number of hydrogen-bond acceptors (Lipinski definition) is 4. The van der Waals surface area contributed by atoms with E-state index in [1.165, 1.54) is 4.90 Å². The number of β-amino-alcohol motifs (C(OH)–C–C–N with tert-alkyl or cyclic N) is 1. The predicted molar refractivity (Wildman–Crippen MR) is 119 cm³/mol. The highest BCUT2D eigenvalue weighted by molar-refractivity contribution is 5.86. The zero-order valence-electron chi connectivity index (χ0n) is 18.3. The van der Waals surface area contributed by atoms with E-state index in [0.29, 0.717) is 0 Å². The van der Waals surface area contributed by atoms with Gasteiger partial charge in [-0.3, -0.25) is 9.69 Å². The molecule has 1 aliphatic heterocycles. The smallest absolute Gasteiger partial charge is 0.410 e. The van der Waals surface area contributed by atoms with E-state index in [-0.39, 0.29) is 31.5 Å². The lowest BCUT2D eigenvalue weighted by Gasteiger charge is -2.33. The van der Waals surface area contributed by atoms with Crippen LogP contribution in [0.2, 0.25) is 0 Å². The van der Waals surface area contributed by atoms with Crippen LogP contribution in [-0.2, 0) is 16.1 Å². The Bertz CT molecular complexity index is 843. The summed E-state index contributed by atoms with van der Waals surface area (Å²) >= 11 is 0. The second-order valence-corrected chi connectivity index (χ2v) is 8.12. The van der Waals surface area contributed by atoms with Gasteiger partial charge in [-0.1, -0.05) is 80.4 Å². The average molecular weight is 425 g/mol. The third kappa shape index (κ3) is 5.85. The lowest BCUT2D eigenvalue weighted by molar-refractivity contribution is -0.136. The molecule has 31 heavy (non-hydrogen) atoms. The van der Waals surface area contributed by atoms with E-state index >= 15 is 0 Å². The summed E-state index contributed by atoms with van der Waals surface area (Å²) in [4.78, 5) is 29.3. The first-order chi connectivity index (χ1) is 15.0. The average Bonchev–Trinajstić information content (AvgIpc) is 3.20. The van der Waals surface area contributed by atoms with Crippen molar-refractivity contribution >= 4 is 12.0 Å². The number of aliphatic hydroxyl groups excluding tert-OH is 1. The minimum absolute atomic E-state index is 0.0754. The molecule has 166 valence electrons. The third-order valence-corrected chi connectivity index (χ3v) is 5.83. The predicted octanol–water partition coefficient (Wildman–Crippen LogP) is 4.15. The third-order valence-electron chi connectivity index (χ3n) is 5.83. The molecule has 2 aromatic rings. The quantitative estimate of drug-likeness (QED) is 0.691. The van der Waals surface area contributed by atoms with Crippen molar-refractivity contribution in [2.24, 2.45) is 0 Å². The number of amides is 2. The van der Waals surface area contributed by atoms with Gasteiger partial charge in [0.2, 0.25) is 5.91 Å². The molecule has 6 nitrogen and oxygen atoms in total. The topological polar surface area (TPSA) is 70.1 Å². The van der Waals surface area contributed by atoms with Gasteiger partial charge < -0.3 is 14.7 Å². The van der Waals surface area contributed by atoms with Crippen LogP contribution < -0.4 is 0 Å². The number of unbranched alkanes of at least 4 members (excludes halogenated alkanes) is 1. The van der Waals surface area contributed by atoms with Crippen LogP contribution in [0.5, 0.6) is 0 Å². The molecule has 3 rings (SSSR count). The first-order valence-electron chi connectivity index (χ1n) is 11.0. The summed E-state index contributed by atoms with van der Waals surface area (Å²) in [7, 11) is 1.79. The minimum Gasteiger partial charge on any atom is -0.445 e. The molecule has 1 aliphatic rings. The lowest BCUT2D eigenvalue weighted by Crippen LogP contribution is -2.47. The lowest BCUT2D eigenvalue weighted by atomic mass is 9.99. The number of benzene rings is 2. The Balaban J connectivity index is 1.71. The fourth-order valence-electron chi connectivity index (χ4n) is 4.10. The number of carbonyl (C=O) groups is 2. The maximum atomic E-state index is 13.4. The number of hydrogen-bond donors (Lipinski definition) is 1. The van der Waals surface area contributed by atoms with E-state index in [9.17, 15) is 14.7 Å². The van der Waals surface area contributed by atoms with Crippen LogP contribution in [0.1, 0.15) is 49.8 Å². The molecule has 2 unspecified atom stereocenters. The fourth-order valence-corrected chi connectivity index (χ4v) is 4.10. The second-order valence-electron chi connectivity index (χ2n) is 8.12. The number of rotatable bonds is 8. The van der Waals surface area contributed by atoms with Crippen molar-refractivity contribution < 1.29 is 19.4 Å². The van der Waals surface area contributed by atoms with E-state index in [4.69, 9.17) is 4.74 Å². The van der Waals surface area contributed by atoms with Crippen LogP contribution in [0, 0.1) is 0 Å². The summed E-state index contributed by atoms with van der Waals surface area (Å²) in [5.41, 5.74) is 1.95. The van der Waals surface area contributed by atoms with Gasteiger partial charge in [-0.15, -0.1) is 0 Å². The highest BCUT2D eigenvalue weighted by Gasteiger charge is 2.42. The van der Waals surface area contributed by atoms with Gasteiger partial charge in [0.05, 0.1) is 18.7 Å². The SMILES string of the molecule is CCCCC(c1ccccc1)N(C)C(=O)[C@@H]1CC(O)CN1C(=O)OCc1ccccc1. The van der Waals surface area contributed by atoms with E-state index in [0.717, 1.165) is 30.4 Å². The van der Waals surface area contributed by atoms with Crippen LogP contribution in [0.4, 0.5) is 4.79 Å². The second kappa shape index (κ2) is 11.0. The van der Waals surface area contributed by atoms with E-state index < -0.39 is 18.2 Å². The van der Waals surface area contributed by atoms with Crippen LogP contribution in [0.15, 0.2) is 60.7 Å². The molecule has 3 atom stereocenters. The van der Waals surface area contributed by atoms with Crippen LogP contribution >= 0.6 is 0 Å². The van der Waals surface area contributed by atoms with Gasteiger partial charge in [-0.05, 0) is 17.5 Å². The number of likely N-dealkylation sites (tertiary alicyclic amines) is 1. The fraction of sp³-hybridized carbons (Fsp3) is 0.440. The molecule has 1 heterocycles. The number of carbonyl (C=O) groups excluding carboxylic acids is 2. The molecule has 1 fully saturated rings. The molecule has 1 saturated heterocycles. The summed E-state index contributed by atoms with van der Waals surface area (Å²) in [6, 6.07) is 18.6. The zero-order chi connectivity index (χ0) is 22.2. The van der Waals surface area contributed by atoms with Crippen molar-refractivity contribution in [2.45, 2.75) is 57.4 Å². The Hall–Kier alpha value is -2.86. The summed E-state index contributed by atoms with van der Waals surface area (Å²) in [5, 5.41) is 10.2. The molecule has 0 bridgehead atoms. The minimum atomic E-state index is -0.738. The molecule has 0 aliphatic carbocycles. The Morgan fingerprint density at radius 3 is 2.42 bits per heavy atom. The molecule has 2 amide bonds. The molecule has 0 spiro atoms. The molecule has 0 aromatic heterocycles. The Morgan fingerprint density at radius 1 is 1.13 bits per heavy atom. The van der Waals surface area contributed by atoms with Gasteiger partial charge in [0.25, 0.3) is 0 Å². The number of ether oxygens (including phenoxy) is 1. The molecular formula is C25H32N2O4. The largest absolute Gasteiger partial charge is 0.445 e. The summed E-state index contributed by atoms with van der Waals surface area (Å²) in [5.74, 6) is -0.168. The summed E-state index contributed by atoms with van der Waals surface area (Å²) in [6.07, 6.45) is 1.78. The van der Waals surface area contributed by atoms with Crippen molar-refractivity contribution in [3.8, 4) is 0 Å². The first-order valence-corrected chi connectivity index (χ1v) is 11.0. The highest BCUT2D eigenvalue weighted by Crippen LogP contribution is 2.29. The van der Waals surface area contributed by atoms with E-state index in [1.54, 1.807) is 11.9 Å². The Morgan fingerprint density at radius 2 is 1.77 bits per heavy atom. The first kappa shape index (κ1) is 22.8. The van der Waals surface area contributed by atoms with Gasteiger partial charge in [-0.2, -0.15) is 0 Å². The zero-order valence-corrected chi connectivity index (χ0v) is 18.3. The monoisotopic (exact) mass is 424 g/mol. The van der Waals surface area contributed by atoms with E-state index in [1.807, 2.05) is 60.7 Å². The normalized spacial score (nSPS) is 19.1. The maximum Gasteiger partial charge on any atom is 0.410 e. The standard InChI is InChI=1S/C25H32N2O4/c1-3-4-15-22(20-13-9-6-10-14-20)26(2)24(29)23-16-21(28)17-27(23)25(30)31-18-19-11-7-5-8-12-19/h5-14,21-23,28H,3-4,15-18H2,1-2H3/t21?,22?,23-/m0/s1. The number of aliphatic hydroxyl groups is 1. The van der Waals surface area contributed by atoms with E-state index in [2.05, 4.69) is 6.92 Å². The molecule has 6 heteroatoms. The van der Waals surface area contributed by atoms with Crippen molar-refractivity contribution in [1.82, 2.24) is 9.80 Å². The maximum absolute atomic E-state index is 13.4. The number of likely N-dealkylation sites (N-methyl/N-ethyl adjacent to an activating group) is 1. The van der Waals surface area contributed by atoms with Crippen molar-refractivity contribution in [3.05, 3.63) is 71.8 Å². The summed E-state index contributed by atoms with van der Waals surface area (Å²) < 4.78 is 5.44. The Labute approximate surface area is 184 Å². The van der Waals surface area contributed by atoms with Crippen LogP contribution in [0.25, 0.3) is 0 Å². The van der Waals surface area contributed by atoms with Crippen molar-refractivity contribution in [1.29, 1.82) is 0 Å². The van der Waals surface area contributed by atoms with Gasteiger partial charge >= 0.3 is 6.09 Å².